The Morgan fingerprint density at radius 2 is 2.05 bits per heavy atom. The van der Waals surface area contributed by atoms with Crippen molar-refractivity contribution in [3.05, 3.63) is 23.2 Å². The number of morpholine rings is 1. The van der Waals surface area contributed by atoms with Crippen molar-refractivity contribution in [1.82, 2.24) is 4.90 Å². The maximum Gasteiger partial charge on any atom is 0.286 e. The normalized spacial score (nSPS) is 20.2. The molecular formula is C12H12ClN3O4S. The van der Waals surface area contributed by atoms with Crippen molar-refractivity contribution in [3.8, 4) is 0 Å². The first-order valence-corrected chi connectivity index (χ1v) is 8.11. The maximum absolute atomic E-state index is 12.5. The van der Waals surface area contributed by atoms with Crippen LogP contribution in [0.3, 0.4) is 0 Å². The van der Waals surface area contributed by atoms with Gasteiger partial charge in [-0.2, -0.15) is 5.10 Å². The van der Waals surface area contributed by atoms with Crippen LogP contribution >= 0.6 is 11.6 Å². The first kappa shape index (κ1) is 14.3. The fraction of sp³-hybridized carbons (Fsp3) is 0.333. The predicted molar refractivity (Wildman–Crippen MR) is 77.1 cm³/mol. The number of fused-ring (bicyclic) bond motifs is 1. The fourth-order valence-electron chi connectivity index (χ4n) is 2.16. The molecule has 0 aromatic heterocycles. The third kappa shape index (κ3) is 2.50. The van der Waals surface area contributed by atoms with E-state index in [1.165, 1.54) is 23.1 Å². The number of benzene rings is 1. The second-order valence-electron chi connectivity index (χ2n) is 4.58. The first-order valence-electron chi connectivity index (χ1n) is 6.25. The summed E-state index contributed by atoms with van der Waals surface area (Å²) in [6.07, 6.45) is 0. The number of amides is 1. The highest BCUT2D eigenvalue weighted by atomic mass is 35.5. The molecule has 1 aromatic rings. The summed E-state index contributed by atoms with van der Waals surface area (Å²) in [7, 11) is -3.95. The molecule has 0 aliphatic carbocycles. The Balaban J connectivity index is 1.96. The van der Waals surface area contributed by atoms with E-state index < -0.39 is 20.8 Å². The van der Waals surface area contributed by atoms with Crippen LogP contribution in [0.15, 0.2) is 28.2 Å². The van der Waals surface area contributed by atoms with Gasteiger partial charge in [0.1, 0.15) is 0 Å². The lowest BCUT2D eigenvalue weighted by Gasteiger charge is -2.28. The average molecular weight is 330 g/mol. The summed E-state index contributed by atoms with van der Waals surface area (Å²) < 4.78 is 30.2. The molecule has 0 spiro atoms. The molecule has 2 aliphatic rings. The van der Waals surface area contributed by atoms with E-state index in [0.29, 0.717) is 31.3 Å². The number of carbonyl (C=O) groups excluding carboxylic acids is 1. The maximum atomic E-state index is 12.5. The number of hydrogen-bond donors (Lipinski definition) is 1. The number of hydrogen-bond acceptors (Lipinski definition) is 6. The Morgan fingerprint density at radius 1 is 1.33 bits per heavy atom. The lowest BCUT2D eigenvalue weighted by atomic mass is 10.3. The van der Waals surface area contributed by atoms with Gasteiger partial charge in [0.2, 0.25) is 14.9 Å². The summed E-state index contributed by atoms with van der Waals surface area (Å²) >= 11 is 5.82. The molecule has 2 heterocycles. The van der Waals surface area contributed by atoms with Crippen molar-refractivity contribution in [2.24, 2.45) is 5.10 Å². The number of sulfone groups is 1. The van der Waals surface area contributed by atoms with Gasteiger partial charge in [-0.3, -0.25) is 10.2 Å². The van der Waals surface area contributed by atoms with E-state index in [2.05, 4.69) is 10.5 Å². The van der Waals surface area contributed by atoms with Gasteiger partial charge in [0.05, 0.1) is 23.8 Å². The van der Waals surface area contributed by atoms with Crippen LogP contribution in [0, 0.1) is 0 Å². The van der Waals surface area contributed by atoms with E-state index in [-0.39, 0.29) is 10.6 Å². The number of halogens is 1. The summed E-state index contributed by atoms with van der Waals surface area (Å²) in [6, 6.07) is 4.27. The SMILES string of the molecule is O=C(C1=NNc2cc(Cl)ccc2S1(=O)=O)N1CCOCC1. The zero-order chi connectivity index (χ0) is 15.0. The minimum atomic E-state index is -3.95. The Bertz CT molecular complexity index is 726. The van der Waals surface area contributed by atoms with Gasteiger partial charge in [0.25, 0.3) is 5.91 Å². The second-order valence-corrected chi connectivity index (χ2v) is 6.85. The Kier molecular flexibility index (Phi) is 3.60. The minimum Gasteiger partial charge on any atom is -0.378 e. The molecule has 0 saturated carbocycles. The highest BCUT2D eigenvalue weighted by molar-refractivity contribution is 8.08. The van der Waals surface area contributed by atoms with Gasteiger partial charge in [0.15, 0.2) is 0 Å². The quantitative estimate of drug-likeness (QED) is 0.820. The molecule has 1 amide bonds. The molecule has 112 valence electrons. The molecule has 1 saturated heterocycles. The highest BCUT2D eigenvalue weighted by Crippen LogP contribution is 2.30. The van der Waals surface area contributed by atoms with Crippen LogP contribution < -0.4 is 5.43 Å². The summed E-state index contributed by atoms with van der Waals surface area (Å²) in [5.41, 5.74) is 2.84. The lowest BCUT2D eigenvalue weighted by Crippen LogP contribution is -2.46. The molecule has 0 radical (unpaired) electrons. The number of nitrogens with one attached hydrogen (secondary N) is 1. The van der Waals surface area contributed by atoms with Crippen LogP contribution in [0.4, 0.5) is 5.69 Å². The molecule has 1 fully saturated rings. The largest absolute Gasteiger partial charge is 0.378 e. The van der Waals surface area contributed by atoms with Gasteiger partial charge in [-0.1, -0.05) is 11.6 Å². The van der Waals surface area contributed by atoms with E-state index in [0.717, 1.165) is 0 Å². The van der Waals surface area contributed by atoms with Crippen molar-refractivity contribution in [2.45, 2.75) is 4.90 Å². The third-order valence-corrected chi connectivity index (χ3v) is 5.19. The predicted octanol–water partition coefficient (Wildman–Crippen LogP) is 0.712. The third-order valence-electron chi connectivity index (χ3n) is 3.24. The van der Waals surface area contributed by atoms with Gasteiger partial charge in [0, 0.05) is 18.1 Å². The molecule has 0 atom stereocenters. The average Bonchev–Trinajstić information content (AvgIpc) is 2.47. The molecule has 2 aliphatic heterocycles. The van der Waals surface area contributed by atoms with Crippen LogP contribution in [-0.4, -0.2) is 50.6 Å². The molecule has 0 bridgehead atoms. The van der Waals surface area contributed by atoms with Crippen molar-refractivity contribution in [3.63, 3.8) is 0 Å². The topological polar surface area (TPSA) is 88.1 Å². The first-order chi connectivity index (χ1) is 10.00. The summed E-state index contributed by atoms with van der Waals surface area (Å²) in [6.45, 7) is 1.47. The van der Waals surface area contributed by atoms with Gasteiger partial charge >= 0.3 is 0 Å². The number of rotatable bonds is 1. The van der Waals surface area contributed by atoms with E-state index in [4.69, 9.17) is 16.3 Å². The number of ether oxygens (including phenoxy) is 1. The molecule has 7 nitrogen and oxygen atoms in total. The van der Waals surface area contributed by atoms with Crippen LogP contribution in [-0.2, 0) is 19.4 Å². The molecule has 0 unspecified atom stereocenters. The molecule has 21 heavy (non-hydrogen) atoms. The van der Waals surface area contributed by atoms with Crippen LogP contribution in [0.1, 0.15) is 0 Å². The van der Waals surface area contributed by atoms with Crippen molar-refractivity contribution in [1.29, 1.82) is 0 Å². The van der Waals surface area contributed by atoms with Gasteiger partial charge in [-0.25, -0.2) is 8.42 Å². The van der Waals surface area contributed by atoms with Crippen molar-refractivity contribution in [2.75, 3.05) is 31.7 Å². The Morgan fingerprint density at radius 3 is 2.76 bits per heavy atom. The van der Waals surface area contributed by atoms with Gasteiger partial charge in [-0.15, -0.1) is 0 Å². The van der Waals surface area contributed by atoms with Gasteiger partial charge in [-0.05, 0) is 18.2 Å². The van der Waals surface area contributed by atoms with Crippen LogP contribution in [0.2, 0.25) is 5.02 Å². The minimum absolute atomic E-state index is 0.00138. The molecule has 1 aromatic carbocycles. The number of anilines is 1. The summed E-state index contributed by atoms with van der Waals surface area (Å²) in [5, 5.41) is 3.61. The molecular weight excluding hydrogens is 318 g/mol. The van der Waals surface area contributed by atoms with E-state index in [1.807, 2.05) is 0 Å². The van der Waals surface area contributed by atoms with Crippen LogP contribution in [0.5, 0.6) is 0 Å². The fourth-order valence-corrected chi connectivity index (χ4v) is 3.71. The van der Waals surface area contributed by atoms with E-state index >= 15 is 0 Å². The monoisotopic (exact) mass is 329 g/mol. The summed E-state index contributed by atoms with van der Waals surface area (Å²) in [4.78, 5) is 13.8. The zero-order valence-corrected chi connectivity index (χ0v) is 12.4. The van der Waals surface area contributed by atoms with Crippen molar-refractivity contribution < 1.29 is 17.9 Å². The van der Waals surface area contributed by atoms with Crippen LogP contribution in [0.25, 0.3) is 0 Å². The zero-order valence-electron chi connectivity index (χ0n) is 10.9. The number of carbonyl (C=O) groups is 1. The standard InChI is InChI=1S/C12H12ClN3O4S/c13-8-1-2-10-9(7-8)14-15-11(21(10,18)19)12(17)16-3-5-20-6-4-16/h1-2,7,14H,3-6H2. The lowest BCUT2D eigenvalue weighted by molar-refractivity contribution is -0.127. The summed E-state index contributed by atoms with van der Waals surface area (Å²) in [5.74, 6) is -0.619. The second kappa shape index (κ2) is 5.28. The molecule has 9 heteroatoms. The molecule has 3 rings (SSSR count). The van der Waals surface area contributed by atoms with Gasteiger partial charge < -0.3 is 9.64 Å². The smallest absolute Gasteiger partial charge is 0.286 e. The number of hydrazone groups is 1. The Labute approximate surface area is 126 Å². The number of nitrogens with zero attached hydrogens (tertiary/aromatic N) is 2. The van der Waals surface area contributed by atoms with Crippen molar-refractivity contribution >= 4 is 38.1 Å². The highest BCUT2D eigenvalue weighted by Gasteiger charge is 2.37. The van der Waals surface area contributed by atoms with E-state index in [1.54, 1.807) is 0 Å². The molecule has 1 N–H and O–H groups in total. The Hall–Kier alpha value is -1.64. The van der Waals surface area contributed by atoms with E-state index in [9.17, 15) is 13.2 Å².